The lowest BCUT2D eigenvalue weighted by Gasteiger charge is -2.26. The van der Waals surface area contributed by atoms with Gasteiger partial charge in [0.15, 0.2) is 11.5 Å². The van der Waals surface area contributed by atoms with Crippen LogP contribution in [0.2, 0.25) is 0 Å². The van der Waals surface area contributed by atoms with Crippen LogP contribution in [0.3, 0.4) is 0 Å². The van der Waals surface area contributed by atoms with Gasteiger partial charge in [0.25, 0.3) is 0 Å². The van der Waals surface area contributed by atoms with Gasteiger partial charge in [-0.25, -0.2) is 0 Å². The molecule has 3 heterocycles. The molecule has 0 atom stereocenters. The van der Waals surface area contributed by atoms with Gasteiger partial charge in [-0.05, 0) is 18.2 Å². The predicted octanol–water partition coefficient (Wildman–Crippen LogP) is 4.27. The molecule has 0 bridgehead atoms. The molecule has 7 nitrogen and oxygen atoms in total. The van der Waals surface area contributed by atoms with Crippen molar-refractivity contribution in [3.63, 3.8) is 0 Å². The van der Waals surface area contributed by atoms with Crippen molar-refractivity contribution >= 4 is 28.4 Å². The molecular weight excluding hydrogens is 358 g/mol. The fourth-order valence-electron chi connectivity index (χ4n) is 3.61. The number of furan rings is 1. The van der Waals surface area contributed by atoms with Crippen LogP contribution in [0.15, 0.2) is 51.0 Å². The van der Waals surface area contributed by atoms with Crippen LogP contribution in [-0.4, -0.2) is 41.4 Å². The predicted molar refractivity (Wildman–Crippen MR) is 104 cm³/mol. The molecule has 2 aliphatic rings. The minimum absolute atomic E-state index is 0.0327. The molecule has 1 fully saturated rings. The molecule has 1 aromatic heterocycles. The summed E-state index contributed by atoms with van der Waals surface area (Å²) in [5.41, 5.74) is 3.45. The molecule has 0 saturated carbocycles. The molecule has 0 radical (unpaired) electrons. The van der Waals surface area contributed by atoms with Gasteiger partial charge in [-0.2, -0.15) is 0 Å². The summed E-state index contributed by atoms with van der Waals surface area (Å²) >= 11 is 0. The summed E-state index contributed by atoms with van der Waals surface area (Å²) in [5, 5.41) is 30.0. The van der Waals surface area contributed by atoms with E-state index in [0.717, 1.165) is 24.3 Å². The molecule has 2 aliphatic heterocycles. The standard InChI is InChI=1S/C21H19N3O4/c25-18-6-5-14-20(26)19(11-17-13-3-1-2-4-16(13)22-23-17)28-21(14)15(18)12-24-7-9-27-10-8-24/h1-6,11,25-26H,7-10,12H2. The normalized spacial score (nSPS) is 18.2. The summed E-state index contributed by atoms with van der Waals surface area (Å²) in [7, 11) is 0. The Bertz CT molecular complexity index is 1110. The molecule has 0 aliphatic carbocycles. The lowest BCUT2D eigenvalue weighted by Crippen LogP contribution is -2.35. The van der Waals surface area contributed by atoms with Gasteiger partial charge in [-0.3, -0.25) is 4.90 Å². The van der Waals surface area contributed by atoms with Crippen molar-refractivity contribution in [2.45, 2.75) is 6.54 Å². The van der Waals surface area contributed by atoms with Gasteiger partial charge in [0.2, 0.25) is 0 Å². The largest absolute Gasteiger partial charge is 0.507 e. The Hall–Kier alpha value is -3.16. The van der Waals surface area contributed by atoms with Crippen molar-refractivity contribution in [3.05, 3.63) is 53.3 Å². The van der Waals surface area contributed by atoms with E-state index >= 15 is 0 Å². The number of nitrogens with zero attached hydrogens (tertiary/aromatic N) is 3. The first-order valence-electron chi connectivity index (χ1n) is 9.20. The number of morpholine rings is 1. The zero-order valence-corrected chi connectivity index (χ0v) is 15.1. The van der Waals surface area contributed by atoms with Crippen LogP contribution in [0.1, 0.15) is 16.9 Å². The molecule has 2 aromatic carbocycles. The fraction of sp³-hybridized carbons (Fsp3) is 0.238. The van der Waals surface area contributed by atoms with Crippen molar-refractivity contribution in [1.29, 1.82) is 0 Å². The molecular formula is C21H19N3O4. The average Bonchev–Trinajstić information content (AvgIpc) is 3.27. The van der Waals surface area contributed by atoms with Gasteiger partial charge >= 0.3 is 0 Å². The zero-order chi connectivity index (χ0) is 19.1. The van der Waals surface area contributed by atoms with Crippen molar-refractivity contribution < 1.29 is 19.4 Å². The fourth-order valence-corrected chi connectivity index (χ4v) is 3.61. The van der Waals surface area contributed by atoms with Crippen LogP contribution in [0.5, 0.6) is 11.5 Å². The van der Waals surface area contributed by atoms with E-state index in [1.165, 1.54) is 0 Å². The number of fused-ring (bicyclic) bond motifs is 2. The first-order chi connectivity index (χ1) is 13.7. The topological polar surface area (TPSA) is 90.8 Å². The maximum atomic E-state index is 10.7. The second-order valence-electron chi connectivity index (χ2n) is 6.89. The molecule has 0 unspecified atom stereocenters. The third kappa shape index (κ3) is 2.85. The average molecular weight is 377 g/mol. The van der Waals surface area contributed by atoms with E-state index < -0.39 is 0 Å². The molecule has 7 heteroatoms. The van der Waals surface area contributed by atoms with Crippen molar-refractivity contribution in [2.75, 3.05) is 26.3 Å². The van der Waals surface area contributed by atoms with Crippen LogP contribution in [0, 0.1) is 0 Å². The minimum atomic E-state index is 0.0327. The van der Waals surface area contributed by atoms with Gasteiger partial charge in [0.05, 0.1) is 35.5 Å². The number of hydrogen-bond donors (Lipinski definition) is 2. The number of rotatable bonds is 3. The van der Waals surface area contributed by atoms with E-state index in [2.05, 4.69) is 15.1 Å². The Morgan fingerprint density at radius 2 is 1.86 bits per heavy atom. The lowest BCUT2D eigenvalue weighted by molar-refractivity contribution is 0.0339. The van der Waals surface area contributed by atoms with E-state index in [4.69, 9.17) is 9.15 Å². The third-order valence-corrected chi connectivity index (χ3v) is 5.14. The molecule has 28 heavy (non-hydrogen) atoms. The maximum Gasteiger partial charge on any atom is 0.172 e. The van der Waals surface area contributed by atoms with Crippen LogP contribution in [-0.2, 0) is 11.3 Å². The number of benzene rings is 2. The van der Waals surface area contributed by atoms with E-state index in [-0.39, 0.29) is 11.5 Å². The third-order valence-electron chi connectivity index (χ3n) is 5.14. The molecule has 0 spiro atoms. The van der Waals surface area contributed by atoms with Gasteiger partial charge < -0.3 is 19.4 Å². The molecule has 2 N–H and O–H groups in total. The summed E-state index contributed by atoms with van der Waals surface area (Å²) in [6, 6.07) is 10.9. The molecule has 1 saturated heterocycles. The van der Waals surface area contributed by atoms with Crippen LogP contribution < -0.4 is 0 Å². The first kappa shape index (κ1) is 17.0. The summed E-state index contributed by atoms with van der Waals surface area (Å²) in [6.07, 6.45) is 1.68. The SMILES string of the molecule is Oc1ccc2c(O)c(C=C3N=Nc4ccccc43)oc2c1CN1CCOCC1. The van der Waals surface area contributed by atoms with Crippen LogP contribution in [0.4, 0.5) is 5.69 Å². The Balaban J connectivity index is 1.57. The number of aromatic hydroxyl groups is 2. The summed E-state index contributed by atoms with van der Waals surface area (Å²) in [4.78, 5) is 2.19. The molecule has 3 aromatic rings. The summed E-state index contributed by atoms with van der Waals surface area (Å²) in [6.45, 7) is 3.44. The second kappa shape index (κ2) is 6.78. The van der Waals surface area contributed by atoms with Crippen LogP contribution >= 0.6 is 0 Å². The molecule has 142 valence electrons. The Morgan fingerprint density at radius 3 is 2.71 bits per heavy atom. The van der Waals surface area contributed by atoms with Crippen molar-refractivity contribution in [3.8, 4) is 11.5 Å². The van der Waals surface area contributed by atoms with Gasteiger partial charge in [0.1, 0.15) is 11.3 Å². The van der Waals surface area contributed by atoms with Gasteiger partial charge in [-0.1, -0.05) is 18.2 Å². The van der Waals surface area contributed by atoms with Gasteiger partial charge in [-0.15, -0.1) is 10.2 Å². The number of phenols is 1. The maximum absolute atomic E-state index is 10.7. The van der Waals surface area contributed by atoms with E-state index in [0.29, 0.717) is 47.7 Å². The highest BCUT2D eigenvalue weighted by molar-refractivity contribution is 5.95. The molecule has 5 rings (SSSR count). The number of hydrogen-bond acceptors (Lipinski definition) is 7. The number of azo groups is 1. The lowest BCUT2D eigenvalue weighted by atomic mass is 10.1. The minimum Gasteiger partial charge on any atom is -0.507 e. The smallest absolute Gasteiger partial charge is 0.172 e. The van der Waals surface area contributed by atoms with Gasteiger partial charge in [0, 0.05) is 31.3 Å². The number of phenolic OH excluding ortho intramolecular Hbond substituents is 1. The monoisotopic (exact) mass is 377 g/mol. The van der Waals surface area contributed by atoms with Crippen molar-refractivity contribution in [1.82, 2.24) is 4.90 Å². The van der Waals surface area contributed by atoms with E-state index in [1.807, 2.05) is 24.3 Å². The highest BCUT2D eigenvalue weighted by Crippen LogP contribution is 2.41. The van der Waals surface area contributed by atoms with Crippen molar-refractivity contribution in [2.24, 2.45) is 10.2 Å². The Kier molecular flexibility index (Phi) is 4.11. The highest BCUT2D eigenvalue weighted by atomic mass is 16.5. The number of ether oxygens (including phenoxy) is 1. The quantitative estimate of drug-likeness (QED) is 0.711. The van der Waals surface area contributed by atoms with E-state index in [9.17, 15) is 10.2 Å². The van der Waals surface area contributed by atoms with E-state index in [1.54, 1.807) is 18.2 Å². The Labute approximate surface area is 161 Å². The second-order valence-corrected chi connectivity index (χ2v) is 6.89. The molecule has 0 amide bonds. The Morgan fingerprint density at radius 1 is 1.04 bits per heavy atom. The highest BCUT2D eigenvalue weighted by Gasteiger charge is 2.22. The first-order valence-corrected chi connectivity index (χ1v) is 9.20. The van der Waals surface area contributed by atoms with Crippen LogP contribution in [0.25, 0.3) is 22.7 Å². The summed E-state index contributed by atoms with van der Waals surface area (Å²) in [5.74, 6) is 0.484. The summed E-state index contributed by atoms with van der Waals surface area (Å²) < 4.78 is 11.4. The zero-order valence-electron chi connectivity index (χ0n) is 15.1.